The zero-order valence-corrected chi connectivity index (χ0v) is 12.3. The van der Waals surface area contributed by atoms with Crippen LogP contribution in [-0.2, 0) is 4.79 Å². The molecule has 0 bridgehead atoms. The van der Waals surface area contributed by atoms with Gasteiger partial charge in [-0.1, -0.05) is 6.42 Å². The van der Waals surface area contributed by atoms with Crippen LogP contribution in [0, 0.1) is 5.41 Å². The molecule has 0 aromatic heterocycles. The molecule has 0 aromatic rings. The molecule has 0 saturated carbocycles. The van der Waals surface area contributed by atoms with Crippen molar-refractivity contribution in [1.82, 2.24) is 5.32 Å². The number of amides is 1. The number of hydrogen-bond acceptors (Lipinski definition) is 3. The van der Waals surface area contributed by atoms with Gasteiger partial charge in [0.1, 0.15) is 0 Å². The molecule has 1 aliphatic rings. The molecule has 1 amide bonds. The smallest absolute Gasteiger partial charge is 0.227 e. The van der Waals surface area contributed by atoms with Gasteiger partial charge in [-0.25, -0.2) is 0 Å². The van der Waals surface area contributed by atoms with Gasteiger partial charge in [0.15, 0.2) is 0 Å². The average Bonchev–Trinajstić information content (AvgIpc) is 2.25. The summed E-state index contributed by atoms with van der Waals surface area (Å²) in [6, 6.07) is 0. The maximum Gasteiger partial charge on any atom is 0.227 e. The van der Waals surface area contributed by atoms with Crippen molar-refractivity contribution in [2.45, 2.75) is 57.7 Å². The van der Waals surface area contributed by atoms with E-state index in [1.165, 1.54) is 25.0 Å². The average molecular weight is 258 g/mol. The van der Waals surface area contributed by atoms with Gasteiger partial charge in [-0.05, 0) is 46.3 Å². The van der Waals surface area contributed by atoms with E-state index >= 15 is 0 Å². The molecule has 3 nitrogen and oxygen atoms in total. The fraction of sp³-hybridized carbons (Fsp3) is 0.923. The fourth-order valence-corrected chi connectivity index (χ4v) is 2.93. The first-order valence-electron chi connectivity index (χ1n) is 6.44. The Labute approximate surface area is 109 Å². The van der Waals surface area contributed by atoms with Crippen molar-refractivity contribution in [2.75, 3.05) is 12.3 Å². The molecular weight excluding hydrogens is 232 g/mol. The van der Waals surface area contributed by atoms with Crippen LogP contribution in [0.5, 0.6) is 0 Å². The van der Waals surface area contributed by atoms with E-state index in [4.69, 9.17) is 5.73 Å². The highest BCUT2D eigenvalue weighted by molar-refractivity contribution is 7.99. The van der Waals surface area contributed by atoms with Crippen LogP contribution >= 0.6 is 11.8 Å². The molecule has 1 atom stereocenters. The van der Waals surface area contributed by atoms with Gasteiger partial charge in [-0.3, -0.25) is 4.79 Å². The Hall–Kier alpha value is -0.220. The summed E-state index contributed by atoms with van der Waals surface area (Å²) < 4.78 is 0. The first-order chi connectivity index (χ1) is 7.75. The first-order valence-corrected chi connectivity index (χ1v) is 7.49. The van der Waals surface area contributed by atoms with Crippen LogP contribution in [-0.4, -0.2) is 29.0 Å². The summed E-state index contributed by atoms with van der Waals surface area (Å²) >= 11 is 1.98. The van der Waals surface area contributed by atoms with E-state index in [2.05, 4.69) is 5.32 Å². The maximum absolute atomic E-state index is 12.2. The van der Waals surface area contributed by atoms with E-state index < -0.39 is 11.0 Å². The first kappa shape index (κ1) is 14.8. The molecule has 1 saturated heterocycles. The standard InChI is InChI=1S/C13H26N2OS/c1-12(2,13(3,4)14)11(16)15-9-10-7-5-6-8-17-10/h10H,5-9,14H2,1-4H3,(H,15,16). The second-order valence-corrected chi connectivity index (χ2v) is 7.45. The Kier molecular flexibility index (Phi) is 4.90. The van der Waals surface area contributed by atoms with Gasteiger partial charge >= 0.3 is 0 Å². The topological polar surface area (TPSA) is 55.1 Å². The lowest BCUT2D eigenvalue weighted by Crippen LogP contribution is -2.56. The van der Waals surface area contributed by atoms with Gasteiger partial charge < -0.3 is 11.1 Å². The van der Waals surface area contributed by atoms with Crippen LogP contribution in [0.25, 0.3) is 0 Å². The van der Waals surface area contributed by atoms with Crippen LogP contribution < -0.4 is 11.1 Å². The molecule has 4 heteroatoms. The molecule has 3 N–H and O–H groups in total. The molecule has 0 radical (unpaired) electrons. The molecule has 1 unspecified atom stereocenters. The highest BCUT2D eigenvalue weighted by Gasteiger charge is 2.40. The molecule has 17 heavy (non-hydrogen) atoms. The number of nitrogens with two attached hydrogens (primary N) is 1. The Morgan fingerprint density at radius 2 is 2.00 bits per heavy atom. The summed E-state index contributed by atoms with van der Waals surface area (Å²) in [5.74, 6) is 1.29. The monoisotopic (exact) mass is 258 g/mol. The molecule has 1 heterocycles. The third-order valence-electron chi connectivity index (χ3n) is 3.94. The summed E-state index contributed by atoms with van der Waals surface area (Å²) in [7, 11) is 0. The predicted molar refractivity (Wildman–Crippen MR) is 75.2 cm³/mol. The molecule has 0 aliphatic carbocycles. The molecular formula is C13H26N2OS. The van der Waals surface area contributed by atoms with Crippen molar-refractivity contribution in [3.8, 4) is 0 Å². The van der Waals surface area contributed by atoms with Gasteiger partial charge in [-0.2, -0.15) is 11.8 Å². The predicted octanol–water partition coefficient (Wildman–Crippen LogP) is 2.15. The molecule has 1 rings (SSSR count). The minimum Gasteiger partial charge on any atom is -0.354 e. The lowest BCUT2D eigenvalue weighted by molar-refractivity contribution is -0.132. The molecule has 1 aliphatic heterocycles. The van der Waals surface area contributed by atoms with Gasteiger partial charge in [0, 0.05) is 17.3 Å². The molecule has 1 fully saturated rings. The van der Waals surface area contributed by atoms with Crippen LogP contribution in [0.15, 0.2) is 0 Å². The lowest BCUT2D eigenvalue weighted by Gasteiger charge is -2.37. The number of carbonyl (C=O) groups excluding carboxylic acids is 1. The summed E-state index contributed by atoms with van der Waals surface area (Å²) in [6.45, 7) is 8.42. The van der Waals surface area contributed by atoms with E-state index in [1.807, 2.05) is 39.5 Å². The minimum absolute atomic E-state index is 0.0659. The van der Waals surface area contributed by atoms with Crippen LogP contribution in [0.3, 0.4) is 0 Å². The SMILES string of the molecule is CC(C)(N)C(C)(C)C(=O)NCC1CCCCS1. The van der Waals surface area contributed by atoms with Crippen molar-refractivity contribution in [3.63, 3.8) is 0 Å². The summed E-state index contributed by atoms with van der Waals surface area (Å²) in [4.78, 5) is 12.2. The van der Waals surface area contributed by atoms with Crippen molar-refractivity contribution >= 4 is 17.7 Å². The lowest BCUT2D eigenvalue weighted by atomic mass is 9.74. The second-order valence-electron chi connectivity index (χ2n) is 6.05. The van der Waals surface area contributed by atoms with Gasteiger partial charge in [0.05, 0.1) is 5.41 Å². The van der Waals surface area contributed by atoms with Gasteiger partial charge in [0.2, 0.25) is 5.91 Å². The van der Waals surface area contributed by atoms with Crippen molar-refractivity contribution in [3.05, 3.63) is 0 Å². The molecule has 0 aromatic carbocycles. The Morgan fingerprint density at radius 1 is 1.35 bits per heavy atom. The van der Waals surface area contributed by atoms with E-state index in [0.29, 0.717) is 5.25 Å². The zero-order chi connectivity index (χ0) is 13.1. The number of rotatable bonds is 4. The fourth-order valence-electron chi connectivity index (χ4n) is 1.69. The van der Waals surface area contributed by atoms with E-state index in [-0.39, 0.29) is 5.91 Å². The van der Waals surface area contributed by atoms with Crippen LogP contribution in [0.1, 0.15) is 47.0 Å². The molecule has 100 valence electrons. The quantitative estimate of drug-likeness (QED) is 0.812. The highest BCUT2D eigenvalue weighted by atomic mass is 32.2. The number of hydrogen-bond donors (Lipinski definition) is 2. The third kappa shape index (κ3) is 3.88. The van der Waals surface area contributed by atoms with Gasteiger partial charge in [-0.15, -0.1) is 0 Å². The summed E-state index contributed by atoms with van der Waals surface area (Å²) in [5, 5.41) is 3.65. The zero-order valence-electron chi connectivity index (χ0n) is 11.5. The normalized spacial score (nSPS) is 22.3. The van der Waals surface area contributed by atoms with E-state index in [9.17, 15) is 4.79 Å². The van der Waals surface area contributed by atoms with Crippen LogP contribution in [0.4, 0.5) is 0 Å². The minimum atomic E-state index is -0.535. The second kappa shape index (κ2) is 5.61. The number of carbonyl (C=O) groups is 1. The van der Waals surface area contributed by atoms with E-state index in [1.54, 1.807) is 0 Å². The number of thioether (sulfide) groups is 1. The van der Waals surface area contributed by atoms with Crippen molar-refractivity contribution in [1.29, 1.82) is 0 Å². The maximum atomic E-state index is 12.2. The third-order valence-corrected chi connectivity index (χ3v) is 5.34. The molecule has 0 spiro atoms. The van der Waals surface area contributed by atoms with Crippen LogP contribution in [0.2, 0.25) is 0 Å². The van der Waals surface area contributed by atoms with E-state index in [0.717, 1.165) is 6.54 Å². The Bertz CT molecular complexity index is 265. The van der Waals surface area contributed by atoms with Gasteiger partial charge in [0.25, 0.3) is 0 Å². The summed E-state index contributed by atoms with van der Waals surface area (Å²) in [5.41, 5.74) is 5.02. The van der Waals surface area contributed by atoms with Crippen molar-refractivity contribution < 1.29 is 4.79 Å². The highest BCUT2D eigenvalue weighted by Crippen LogP contribution is 2.29. The summed E-state index contributed by atoms with van der Waals surface area (Å²) in [6.07, 6.45) is 3.83. The Balaban J connectivity index is 2.43. The van der Waals surface area contributed by atoms with Crippen molar-refractivity contribution in [2.24, 2.45) is 11.1 Å². The Morgan fingerprint density at radius 3 is 2.47 bits per heavy atom. The number of nitrogens with one attached hydrogen (secondary N) is 1. The largest absolute Gasteiger partial charge is 0.354 e.